The third-order valence-corrected chi connectivity index (χ3v) is 2.72. The lowest BCUT2D eigenvalue weighted by molar-refractivity contribution is 0.493. The Hall–Kier alpha value is -1.75. The third-order valence-electron chi connectivity index (χ3n) is 2.72. The van der Waals surface area contributed by atoms with E-state index in [1.165, 1.54) is 12.8 Å². The van der Waals surface area contributed by atoms with Crippen LogP contribution in [-0.4, -0.2) is 18.0 Å². The fraction of sp³-hybridized carbons (Fsp3) is 0.308. The van der Waals surface area contributed by atoms with Crippen molar-refractivity contribution < 1.29 is 0 Å². The molecule has 15 heavy (non-hydrogen) atoms. The van der Waals surface area contributed by atoms with Crippen LogP contribution in [0.3, 0.4) is 0 Å². The van der Waals surface area contributed by atoms with Gasteiger partial charge < -0.3 is 4.90 Å². The highest BCUT2D eigenvalue weighted by atomic mass is 15.1. The zero-order valence-electron chi connectivity index (χ0n) is 8.69. The predicted molar refractivity (Wildman–Crippen MR) is 60.8 cm³/mol. The maximum absolute atomic E-state index is 8.81. The van der Waals surface area contributed by atoms with E-state index in [1.807, 2.05) is 18.2 Å². The van der Waals surface area contributed by atoms with Gasteiger partial charge in [0.25, 0.3) is 0 Å². The lowest BCUT2D eigenvalue weighted by atomic mass is 10.1. The van der Waals surface area contributed by atoms with E-state index in [9.17, 15) is 0 Å². The predicted octanol–water partition coefficient (Wildman–Crippen LogP) is 2.65. The van der Waals surface area contributed by atoms with Crippen molar-refractivity contribution in [1.82, 2.24) is 4.90 Å². The second-order valence-electron chi connectivity index (χ2n) is 3.72. The zero-order chi connectivity index (χ0) is 10.5. The van der Waals surface area contributed by atoms with Gasteiger partial charge in [-0.05, 0) is 18.4 Å². The molecule has 1 aromatic carbocycles. The van der Waals surface area contributed by atoms with Crippen LogP contribution in [0.4, 0.5) is 0 Å². The summed E-state index contributed by atoms with van der Waals surface area (Å²) in [4.78, 5) is 2.29. The van der Waals surface area contributed by atoms with Gasteiger partial charge in [-0.1, -0.05) is 30.3 Å². The Morgan fingerprint density at radius 1 is 1.20 bits per heavy atom. The normalized spacial score (nSPS) is 16.5. The fourth-order valence-electron chi connectivity index (χ4n) is 1.99. The summed E-state index contributed by atoms with van der Waals surface area (Å²) >= 11 is 0. The molecule has 0 saturated carbocycles. The molecule has 2 rings (SSSR count). The molecule has 1 fully saturated rings. The summed E-state index contributed by atoms with van der Waals surface area (Å²) in [5, 5.41) is 8.81. The van der Waals surface area contributed by atoms with Crippen LogP contribution in [0, 0.1) is 11.3 Å². The van der Waals surface area contributed by atoms with E-state index in [-0.39, 0.29) is 0 Å². The second-order valence-corrected chi connectivity index (χ2v) is 3.72. The molecule has 0 aromatic heterocycles. The molecule has 0 amide bonds. The topological polar surface area (TPSA) is 27.0 Å². The van der Waals surface area contributed by atoms with Gasteiger partial charge in [0, 0.05) is 19.2 Å². The number of hydrogen-bond acceptors (Lipinski definition) is 2. The molecule has 0 unspecified atom stereocenters. The Kier molecular flexibility index (Phi) is 3.04. The van der Waals surface area contributed by atoms with E-state index < -0.39 is 0 Å². The highest BCUT2D eigenvalue weighted by molar-refractivity contribution is 5.66. The van der Waals surface area contributed by atoms with Crippen LogP contribution >= 0.6 is 0 Å². The van der Waals surface area contributed by atoms with Crippen LogP contribution in [0.1, 0.15) is 18.4 Å². The molecule has 0 N–H and O–H groups in total. The molecule has 0 atom stereocenters. The first-order valence-corrected chi connectivity index (χ1v) is 5.32. The molecular weight excluding hydrogens is 184 g/mol. The largest absolute Gasteiger partial charge is 0.370 e. The molecule has 1 heterocycles. The SMILES string of the molecule is N#C/C=C(\c1ccccc1)N1CCCC1. The molecule has 1 aliphatic rings. The van der Waals surface area contributed by atoms with Crippen molar-refractivity contribution in [2.75, 3.05) is 13.1 Å². The van der Waals surface area contributed by atoms with E-state index in [4.69, 9.17) is 5.26 Å². The standard InChI is InChI=1S/C13H14N2/c14-9-8-13(15-10-4-5-11-15)12-6-2-1-3-7-12/h1-3,6-8H,4-5,10-11H2/b13-8+. The maximum Gasteiger partial charge on any atom is 0.0934 e. The average molecular weight is 198 g/mol. The summed E-state index contributed by atoms with van der Waals surface area (Å²) in [6, 6.07) is 12.3. The molecule has 1 saturated heterocycles. The Labute approximate surface area is 90.4 Å². The Bertz CT molecular complexity index is 381. The molecule has 0 radical (unpaired) electrons. The average Bonchev–Trinajstić information content (AvgIpc) is 2.80. The molecule has 76 valence electrons. The fourth-order valence-corrected chi connectivity index (χ4v) is 1.99. The van der Waals surface area contributed by atoms with Crippen LogP contribution in [-0.2, 0) is 0 Å². The molecule has 0 spiro atoms. The van der Waals surface area contributed by atoms with Crippen molar-refractivity contribution in [3.8, 4) is 6.07 Å². The minimum Gasteiger partial charge on any atom is -0.370 e. The number of rotatable bonds is 2. The van der Waals surface area contributed by atoms with Crippen LogP contribution in [0.15, 0.2) is 36.4 Å². The minimum atomic E-state index is 1.07. The minimum absolute atomic E-state index is 1.07. The number of nitriles is 1. The first-order chi connectivity index (χ1) is 7.42. The first-order valence-electron chi connectivity index (χ1n) is 5.32. The first kappa shape index (κ1) is 9.79. The highest BCUT2D eigenvalue weighted by Crippen LogP contribution is 2.23. The number of likely N-dealkylation sites (tertiary alicyclic amines) is 1. The molecule has 2 nitrogen and oxygen atoms in total. The summed E-state index contributed by atoms with van der Waals surface area (Å²) in [5.41, 5.74) is 2.21. The van der Waals surface area contributed by atoms with Gasteiger partial charge in [-0.15, -0.1) is 0 Å². The van der Waals surface area contributed by atoms with Crippen molar-refractivity contribution in [3.63, 3.8) is 0 Å². The summed E-state index contributed by atoms with van der Waals surface area (Å²) in [6.45, 7) is 2.14. The van der Waals surface area contributed by atoms with Gasteiger partial charge >= 0.3 is 0 Å². The summed E-state index contributed by atoms with van der Waals surface area (Å²) in [5.74, 6) is 0. The number of benzene rings is 1. The van der Waals surface area contributed by atoms with Crippen LogP contribution in [0.25, 0.3) is 5.70 Å². The van der Waals surface area contributed by atoms with Gasteiger partial charge in [0.2, 0.25) is 0 Å². The lowest BCUT2D eigenvalue weighted by Gasteiger charge is -2.20. The van der Waals surface area contributed by atoms with Crippen molar-refractivity contribution in [1.29, 1.82) is 5.26 Å². The maximum atomic E-state index is 8.81. The van der Waals surface area contributed by atoms with Gasteiger partial charge in [-0.2, -0.15) is 5.26 Å². The molecule has 2 heteroatoms. The van der Waals surface area contributed by atoms with E-state index in [2.05, 4.69) is 23.1 Å². The summed E-state index contributed by atoms with van der Waals surface area (Å²) in [7, 11) is 0. The van der Waals surface area contributed by atoms with Crippen molar-refractivity contribution in [2.45, 2.75) is 12.8 Å². The summed E-state index contributed by atoms with van der Waals surface area (Å²) < 4.78 is 0. The second kappa shape index (κ2) is 4.65. The van der Waals surface area contributed by atoms with Crippen LogP contribution in [0.2, 0.25) is 0 Å². The van der Waals surface area contributed by atoms with Gasteiger partial charge in [0.15, 0.2) is 0 Å². The van der Waals surface area contributed by atoms with E-state index in [0.29, 0.717) is 0 Å². The lowest BCUT2D eigenvalue weighted by Crippen LogP contribution is -2.17. The Morgan fingerprint density at radius 2 is 1.87 bits per heavy atom. The summed E-state index contributed by atoms with van der Waals surface area (Å²) in [6.07, 6.45) is 4.12. The van der Waals surface area contributed by atoms with E-state index in [1.54, 1.807) is 6.08 Å². The van der Waals surface area contributed by atoms with Crippen LogP contribution in [0.5, 0.6) is 0 Å². The van der Waals surface area contributed by atoms with Crippen molar-refractivity contribution in [3.05, 3.63) is 42.0 Å². The molecular formula is C13H14N2. The van der Waals surface area contributed by atoms with Crippen molar-refractivity contribution >= 4 is 5.70 Å². The van der Waals surface area contributed by atoms with Gasteiger partial charge in [-0.25, -0.2) is 0 Å². The molecule has 1 aliphatic heterocycles. The van der Waals surface area contributed by atoms with E-state index >= 15 is 0 Å². The van der Waals surface area contributed by atoms with E-state index in [0.717, 1.165) is 24.4 Å². The van der Waals surface area contributed by atoms with Crippen molar-refractivity contribution in [2.24, 2.45) is 0 Å². The molecule has 0 aliphatic carbocycles. The zero-order valence-corrected chi connectivity index (χ0v) is 8.69. The van der Waals surface area contributed by atoms with Crippen LogP contribution < -0.4 is 0 Å². The third kappa shape index (κ3) is 2.19. The Morgan fingerprint density at radius 3 is 2.47 bits per heavy atom. The number of hydrogen-bond donors (Lipinski definition) is 0. The molecule has 1 aromatic rings. The molecule has 0 bridgehead atoms. The highest BCUT2D eigenvalue weighted by Gasteiger charge is 2.15. The quantitative estimate of drug-likeness (QED) is 0.683. The number of nitrogens with zero attached hydrogens (tertiary/aromatic N) is 2. The number of allylic oxidation sites excluding steroid dienone is 1. The van der Waals surface area contributed by atoms with Gasteiger partial charge in [-0.3, -0.25) is 0 Å². The monoisotopic (exact) mass is 198 g/mol. The van der Waals surface area contributed by atoms with Gasteiger partial charge in [0.1, 0.15) is 0 Å². The smallest absolute Gasteiger partial charge is 0.0934 e. The Balaban J connectivity index is 2.29. The van der Waals surface area contributed by atoms with Gasteiger partial charge in [0.05, 0.1) is 11.8 Å².